The highest BCUT2D eigenvalue weighted by Crippen LogP contribution is 2.28. The Hall–Kier alpha value is -1.10. The van der Waals surface area contributed by atoms with E-state index >= 15 is 0 Å². The van der Waals surface area contributed by atoms with Gasteiger partial charge in [0, 0.05) is 52.4 Å². The average Bonchev–Trinajstić information content (AvgIpc) is 3.45. The molecule has 160 valence electrons. The first kappa shape index (κ1) is 23.2. The van der Waals surface area contributed by atoms with Crippen LogP contribution in [0, 0.1) is 5.92 Å². The van der Waals surface area contributed by atoms with Crippen LogP contribution >= 0.6 is 24.0 Å². The van der Waals surface area contributed by atoms with E-state index in [0.717, 1.165) is 82.7 Å². The number of hydrogen-bond donors (Lipinski definition) is 2. The van der Waals surface area contributed by atoms with Gasteiger partial charge in [-0.15, -0.1) is 24.0 Å². The van der Waals surface area contributed by atoms with Crippen molar-refractivity contribution in [2.45, 2.75) is 65.0 Å². The molecular formula is C19H35IN6O2. The minimum atomic E-state index is 0. The molecule has 0 saturated heterocycles. The molecule has 0 bridgehead atoms. The van der Waals surface area contributed by atoms with Crippen molar-refractivity contribution in [2.75, 3.05) is 32.8 Å². The zero-order chi connectivity index (χ0) is 18.9. The van der Waals surface area contributed by atoms with Crippen molar-refractivity contribution in [3.8, 4) is 0 Å². The number of fused-ring (bicyclic) bond motifs is 1. The average molecular weight is 506 g/mol. The van der Waals surface area contributed by atoms with Gasteiger partial charge in [0.05, 0.1) is 0 Å². The summed E-state index contributed by atoms with van der Waals surface area (Å²) in [6, 6.07) is 0. The first-order valence-corrected chi connectivity index (χ1v) is 10.5. The second kappa shape index (κ2) is 12.5. The van der Waals surface area contributed by atoms with Crippen molar-refractivity contribution in [1.82, 2.24) is 25.0 Å². The number of nitrogens with zero attached hydrogens (tertiary/aromatic N) is 4. The fraction of sp³-hybridized carbons (Fsp3) is 0.842. The number of aromatic nitrogens is 3. The summed E-state index contributed by atoms with van der Waals surface area (Å²) in [5, 5.41) is 11.1. The second-order valence-corrected chi connectivity index (χ2v) is 7.44. The van der Waals surface area contributed by atoms with Crippen LogP contribution in [0.3, 0.4) is 0 Å². The number of nitrogens with one attached hydrogen (secondary N) is 2. The van der Waals surface area contributed by atoms with Crippen LogP contribution in [0.1, 0.15) is 51.3 Å². The molecule has 2 heterocycles. The van der Waals surface area contributed by atoms with Crippen LogP contribution in [0.25, 0.3) is 0 Å². The summed E-state index contributed by atoms with van der Waals surface area (Å²) in [5.74, 6) is 2.59. The van der Waals surface area contributed by atoms with Crippen molar-refractivity contribution in [3.63, 3.8) is 0 Å². The van der Waals surface area contributed by atoms with Gasteiger partial charge >= 0.3 is 5.69 Å². The summed E-state index contributed by atoms with van der Waals surface area (Å²) in [7, 11) is 0. The van der Waals surface area contributed by atoms with Gasteiger partial charge in [0.2, 0.25) is 0 Å². The van der Waals surface area contributed by atoms with Gasteiger partial charge in [-0.05, 0) is 51.4 Å². The Balaban J connectivity index is 0.00000280. The molecule has 0 amide bonds. The van der Waals surface area contributed by atoms with Gasteiger partial charge in [0.1, 0.15) is 5.82 Å². The Morgan fingerprint density at radius 1 is 1.29 bits per heavy atom. The van der Waals surface area contributed by atoms with Gasteiger partial charge in [0.25, 0.3) is 0 Å². The number of aliphatic imine (C=N–C) groups is 1. The van der Waals surface area contributed by atoms with E-state index in [2.05, 4.69) is 27.6 Å². The molecule has 0 atom stereocenters. The van der Waals surface area contributed by atoms with Crippen molar-refractivity contribution in [2.24, 2.45) is 10.9 Å². The summed E-state index contributed by atoms with van der Waals surface area (Å²) in [6.07, 6.45) is 7.58. The topological polar surface area (TPSA) is 85.5 Å². The van der Waals surface area contributed by atoms with Crippen molar-refractivity contribution in [3.05, 3.63) is 16.3 Å². The molecule has 2 N–H and O–H groups in total. The maximum atomic E-state index is 12.3. The Morgan fingerprint density at radius 2 is 2.14 bits per heavy atom. The third-order valence-electron chi connectivity index (χ3n) is 4.98. The lowest BCUT2D eigenvalue weighted by Gasteiger charge is -2.11. The van der Waals surface area contributed by atoms with Gasteiger partial charge in [-0.25, -0.2) is 9.48 Å². The minimum Gasteiger partial charge on any atom is -0.381 e. The number of ether oxygens (including phenoxy) is 1. The molecule has 1 aromatic heterocycles. The van der Waals surface area contributed by atoms with E-state index in [4.69, 9.17) is 4.74 Å². The molecule has 3 rings (SSSR count). The van der Waals surface area contributed by atoms with E-state index in [9.17, 15) is 4.79 Å². The molecule has 0 unspecified atom stereocenters. The molecule has 1 aliphatic heterocycles. The minimum absolute atomic E-state index is 0. The number of hydrogen-bond acceptors (Lipinski definition) is 4. The summed E-state index contributed by atoms with van der Waals surface area (Å²) < 4.78 is 9.08. The fourth-order valence-electron chi connectivity index (χ4n) is 3.26. The monoisotopic (exact) mass is 506 g/mol. The third-order valence-corrected chi connectivity index (χ3v) is 4.98. The van der Waals surface area contributed by atoms with E-state index in [0.29, 0.717) is 13.1 Å². The van der Waals surface area contributed by atoms with Crippen LogP contribution in [0.4, 0.5) is 0 Å². The molecule has 0 spiro atoms. The Kier molecular flexibility index (Phi) is 10.3. The maximum Gasteiger partial charge on any atom is 0.345 e. The molecule has 1 aliphatic carbocycles. The summed E-state index contributed by atoms with van der Waals surface area (Å²) >= 11 is 0. The molecule has 9 heteroatoms. The summed E-state index contributed by atoms with van der Waals surface area (Å²) in [4.78, 5) is 16.9. The van der Waals surface area contributed by atoms with Crippen molar-refractivity contribution >= 4 is 29.9 Å². The second-order valence-electron chi connectivity index (χ2n) is 7.44. The van der Waals surface area contributed by atoms with E-state index in [1.54, 1.807) is 4.68 Å². The maximum absolute atomic E-state index is 12.3. The first-order chi connectivity index (χ1) is 13.3. The molecule has 8 nitrogen and oxygen atoms in total. The van der Waals surface area contributed by atoms with Crippen molar-refractivity contribution < 1.29 is 4.74 Å². The normalized spacial score (nSPS) is 16.4. The predicted molar refractivity (Wildman–Crippen MR) is 122 cm³/mol. The molecule has 0 aromatic carbocycles. The highest BCUT2D eigenvalue weighted by atomic mass is 127. The molecule has 1 saturated carbocycles. The van der Waals surface area contributed by atoms with E-state index in [1.165, 1.54) is 12.8 Å². The molecule has 1 aromatic rings. The Morgan fingerprint density at radius 3 is 2.89 bits per heavy atom. The van der Waals surface area contributed by atoms with Crippen LogP contribution in [0.5, 0.6) is 0 Å². The quantitative estimate of drug-likeness (QED) is 0.207. The zero-order valence-electron chi connectivity index (χ0n) is 17.0. The fourth-order valence-corrected chi connectivity index (χ4v) is 3.26. The lowest BCUT2D eigenvalue weighted by atomic mass is 10.2. The van der Waals surface area contributed by atoms with E-state index in [1.807, 2.05) is 4.57 Å². The molecule has 2 aliphatic rings. The molecule has 1 fully saturated rings. The SMILES string of the molecule is CCNC(=NCCCn1nc2n(c1=O)CCCC2)NCCCOCC1CC1.I. The van der Waals surface area contributed by atoms with Gasteiger partial charge in [-0.1, -0.05) is 0 Å². The third kappa shape index (κ3) is 7.38. The summed E-state index contributed by atoms with van der Waals surface area (Å²) in [6.45, 7) is 7.57. The first-order valence-electron chi connectivity index (χ1n) is 10.5. The highest BCUT2D eigenvalue weighted by Gasteiger charge is 2.20. The molecule has 28 heavy (non-hydrogen) atoms. The van der Waals surface area contributed by atoms with E-state index < -0.39 is 0 Å². The largest absolute Gasteiger partial charge is 0.381 e. The van der Waals surface area contributed by atoms with Crippen LogP contribution in [0.15, 0.2) is 9.79 Å². The lowest BCUT2D eigenvalue weighted by molar-refractivity contribution is 0.123. The van der Waals surface area contributed by atoms with Crippen molar-refractivity contribution in [1.29, 1.82) is 0 Å². The Bertz CT molecular complexity index is 668. The van der Waals surface area contributed by atoms with Crippen LogP contribution < -0.4 is 16.3 Å². The van der Waals surface area contributed by atoms with Gasteiger partial charge in [-0.2, -0.15) is 5.10 Å². The summed E-state index contributed by atoms with van der Waals surface area (Å²) in [5.41, 5.74) is 0.0323. The standard InChI is InChI=1S/C19H34N6O2.HI/c1-2-20-18(22-11-6-14-27-15-16-8-9-16)21-10-5-13-25-19(26)24-12-4-3-7-17(24)23-25;/h16H,2-15H2,1H3,(H2,20,21,22);1H. The highest BCUT2D eigenvalue weighted by molar-refractivity contribution is 14.0. The Labute approximate surface area is 184 Å². The van der Waals surface area contributed by atoms with E-state index in [-0.39, 0.29) is 29.7 Å². The number of guanidine groups is 1. The molecular weight excluding hydrogens is 471 g/mol. The van der Waals surface area contributed by atoms with Crippen LogP contribution in [-0.2, 0) is 24.2 Å². The molecule has 0 radical (unpaired) electrons. The van der Waals surface area contributed by atoms with Crippen LogP contribution in [-0.4, -0.2) is 53.2 Å². The van der Waals surface area contributed by atoms with Gasteiger partial charge < -0.3 is 15.4 Å². The lowest BCUT2D eigenvalue weighted by Crippen LogP contribution is -2.38. The van der Waals surface area contributed by atoms with Gasteiger partial charge in [-0.3, -0.25) is 9.56 Å². The van der Waals surface area contributed by atoms with Gasteiger partial charge in [0.15, 0.2) is 5.96 Å². The van der Waals surface area contributed by atoms with Crippen LogP contribution in [0.2, 0.25) is 0 Å². The number of rotatable bonds is 11. The number of halogens is 1. The predicted octanol–water partition coefficient (Wildman–Crippen LogP) is 1.76. The number of aryl methyl sites for hydroxylation is 2. The zero-order valence-corrected chi connectivity index (χ0v) is 19.3. The smallest absolute Gasteiger partial charge is 0.345 e.